The minimum Gasteiger partial charge on any atom is -0.369 e. The highest BCUT2D eigenvalue weighted by Gasteiger charge is 2.25. The Balaban J connectivity index is 1.93. The first-order valence-electron chi connectivity index (χ1n) is 7.10. The zero-order valence-electron chi connectivity index (χ0n) is 11.7. The predicted molar refractivity (Wildman–Crippen MR) is 86.2 cm³/mol. The van der Waals surface area contributed by atoms with Crippen LogP contribution in [0.2, 0.25) is 5.02 Å². The quantitative estimate of drug-likeness (QED) is 0.764. The van der Waals surface area contributed by atoms with Crippen molar-refractivity contribution >= 4 is 17.4 Å². The van der Waals surface area contributed by atoms with Crippen LogP contribution in [0.4, 0.5) is 10.2 Å². The molecule has 1 aliphatic rings. The second-order valence-electron chi connectivity index (χ2n) is 5.22. The highest BCUT2D eigenvalue weighted by atomic mass is 35.5. The van der Waals surface area contributed by atoms with Crippen LogP contribution in [0.5, 0.6) is 0 Å². The number of benzene rings is 2. The fourth-order valence-corrected chi connectivity index (χ4v) is 3.02. The molecule has 2 aromatic carbocycles. The van der Waals surface area contributed by atoms with Crippen LogP contribution < -0.4 is 5.32 Å². The molecule has 1 N–H and O–H groups in total. The van der Waals surface area contributed by atoms with Crippen LogP contribution in [0.3, 0.4) is 0 Å². The minimum atomic E-state index is -0.257. The molecule has 5 heteroatoms. The molecule has 0 saturated carbocycles. The second-order valence-corrected chi connectivity index (χ2v) is 5.66. The summed E-state index contributed by atoms with van der Waals surface area (Å²) in [4.78, 5) is 0. The molecule has 0 bridgehead atoms. The van der Waals surface area contributed by atoms with E-state index in [1.807, 2.05) is 30.3 Å². The lowest BCUT2D eigenvalue weighted by Gasteiger charge is -2.06. The summed E-state index contributed by atoms with van der Waals surface area (Å²) in [5.41, 5.74) is 3.13. The van der Waals surface area contributed by atoms with E-state index in [1.54, 1.807) is 16.8 Å². The molecule has 0 saturated heterocycles. The van der Waals surface area contributed by atoms with Gasteiger partial charge in [-0.15, -0.1) is 0 Å². The fraction of sp³-hybridized carbons (Fsp3) is 0.118. The Morgan fingerprint density at radius 1 is 1.14 bits per heavy atom. The molecular formula is C17H13ClFN3. The number of fused-ring (bicyclic) bond motifs is 1. The number of aromatic nitrogens is 2. The molecule has 3 aromatic rings. The minimum absolute atomic E-state index is 0.257. The number of hydrogen-bond donors (Lipinski definition) is 1. The third kappa shape index (κ3) is 2.07. The highest BCUT2D eigenvalue weighted by molar-refractivity contribution is 6.30. The maximum atomic E-state index is 14.1. The van der Waals surface area contributed by atoms with Crippen molar-refractivity contribution in [3.8, 4) is 16.9 Å². The maximum absolute atomic E-state index is 14.1. The van der Waals surface area contributed by atoms with Crippen molar-refractivity contribution in [2.75, 3.05) is 11.9 Å². The van der Waals surface area contributed by atoms with Crippen molar-refractivity contribution in [1.29, 1.82) is 0 Å². The summed E-state index contributed by atoms with van der Waals surface area (Å²) in [5, 5.41) is 8.61. The molecule has 0 unspecified atom stereocenters. The third-order valence-electron chi connectivity index (χ3n) is 3.83. The van der Waals surface area contributed by atoms with Gasteiger partial charge in [-0.25, -0.2) is 9.07 Å². The Kier molecular flexibility index (Phi) is 3.12. The fourth-order valence-electron chi connectivity index (χ4n) is 2.84. The molecule has 0 radical (unpaired) electrons. The Hall–Kier alpha value is -2.33. The molecule has 22 heavy (non-hydrogen) atoms. The third-order valence-corrected chi connectivity index (χ3v) is 4.07. The van der Waals surface area contributed by atoms with Crippen LogP contribution in [0.15, 0.2) is 48.5 Å². The number of nitrogens with one attached hydrogen (secondary N) is 1. The molecule has 0 atom stereocenters. The van der Waals surface area contributed by atoms with E-state index in [0.29, 0.717) is 16.3 Å². The van der Waals surface area contributed by atoms with Crippen molar-refractivity contribution in [3.05, 3.63) is 64.9 Å². The number of rotatable bonds is 2. The van der Waals surface area contributed by atoms with E-state index in [0.717, 1.165) is 30.0 Å². The summed E-state index contributed by atoms with van der Waals surface area (Å²) >= 11 is 6.07. The molecular weight excluding hydrogens is 301 g/mol. The lowest BCUT2D eigenvalue weighted by Crippen LogP contribution is -2.04. The van der Waals surface area contributed by atoms with Crippen molar-refractivity contribution in [2.45, 2.75) is 6.42 Å². The van der Waals surface area contributed by atoms with Gasteiger partial charge in [0.1, 0.15) is 17.3 Å². The molecule has 0 fully saturated rings. The number of nitrogens with zero attached hydrogens (tertiary/aromatic N) is 2. The molecule has 0 amide bonds. The summed E-state index contributed by atoms with van der Waals surface area (Å²) in [5.74, 6) is 0.661. The van der Waals surface area contributed by atoms with Gasteiger partial charge in [0.2, 0.25) is 0 Å². The average molecular weight is 314 g/mol. The van der Waals surface area contributed by atoms with Crippen LogP contribution >= 0.6 is 11.6 Å². The maximum Gasteiger partial charge on any atom is 0.133 e. The Morgan fingerprint density at radius 2 is 2.00 bits per heavy atom. The summed E-state index contributed by atoms with van der Waals surface area (Å²) in [6.45, 7) is 0.829. The molecule has 1 aromatic heterocycles. The van der Waals surface area contributed by atoms with Gasteiger partial charge < -0.3 is 5.32 Å². The average Bonchev–Trinajstić information content (AvgIpc) is 3.10. The van der Waals surface area contributed by atoms with Gasteiger partial charge in [0.05, 0.1) is 5.69 Å². The summed E-state index contributed by atoms with van der Waals surface area (Å²) in [6, 6.07) is 14.2. The first-order valence-corrected chi connectivity index (χ1v) is 7.48. The van der Waals surface area contributed by atoms with Gasteiger partial charge in [0, 0.05) is 22.7 Å². The van der Waals surface area contributed by atoms with Gasteiger partial charge in [0.25, 0.3) is 0 Å². The monoisotopic (exact) mass is 313 g/mol. The molecule has 4 rings (SSSR count). The van der Waals surface area contributed by atoms with E-state index in [2.05, 4.69) is 10.4 Å². The van der Waals surface area contributed by atoms with Crippen LogP contribution in [0, 0.1) is 5.82 Å². The van der Waals surface area contributed by atoms with Crippen molar-refractivity contribution in [1.82, 2.24) is 9.78 Å². The van der Waals surface area contributed by atoms with E-state index in [1.165, 1.54) is 6.07 Å². The van der Waals surface area contributed by atoms with Gasteiger partial charge in [-0.2, -0.15) is 5.10 Å². The predicted octanol–water partition coefficient (Wildman–Crippen LogP) is 4.30. The lowest BCUT2D eigenvalue weighted by molar-refractivity contribution is 0.630. The largest absolute Gasteiger partial charge is 0.369 e. The Morgan fingerprint density at radius 3 is 2.82 bits per heavy atom. The van der Waals surface area contributed by atoms with Crippen molar-refractivity contribution in [3.63, 3.8) is 0 Å². The van der Waals surface area contributed by atoms with Crippen molar-refractivity contribution < 1.29 is 4.39 Å². The second kappa shape index (κ2) is 5.14. The Labute approximate surface area is 132 Å². The van der Waals surface area contributed by atoms with Gasteiger partial charge >= 0.3 is 0 Å². The summed E-state index contributed by atoms with van der Waals surface area (Å²) in [7, 11) is 0. The first-order chi connectivity index (χ1) is 10.7. The van der Waals surface area contributed by atoms with E-state index in [4.69, 9.17) is 11.6 Å². The Bertz CT molecular complexity index is 857. The molecule has 3 nitrogen and oxygen atoms in total. The smallest absolute Gasteiger partial charge is 0.133 e. The lowest BCUT2D eigenvalue weighted by atomic mass is 10.1. The van der Waals surface area contributed by atoms with Gasteiger partial charge in [-0.05, 0) is 36.8 Å². The topological polar surface area (TPSA) is 29.9 Å². The van der Waals surface area contributed by atoms with E-state index >= 15 is 0 Å². The van der Waals surface area contributed by atoms with Gasteiger partial charge in [-0.1, -0.05) is 29.8 Å². The van der Waals surface area contributed by atoms with E-state index in [9.17, 15) is 4.39 Å². The zero-order chi connectivity index (χ0) is 15.1. The molecule has 0 spiro atoms. The summed E-state index contributed by atoms with van der Waals surface area (Å²) in [6.07, 6.45) is 0.833. The summed E-state index contributed by atoms with van der Waals surface area (Å²) < 4.78 is 15.9. The first kappa shape index (κ1) is 13.3. The van der Waals surface area contributed by atoms with Crippen LogP contribution in [0.25, 0.3) is 16.9 Å². The van der Waals surface area contributed by atoms with Crippen LogP contribution in [-0.2, 0) is 6.42 Å². The standard InChI is InChI=1S/C17H13ClFN3/c18-11-4-3-5-12(10-11)22-17-14(8-9-20-17)16(21-22)13-6-1-2-7-15(13)19/h1-7,10,20H,8-9H2. The van der Waals surface area contributed by atoms with E-state index in [-0.39, 0.29) is 5.82 Å². The van der Waals surface area contributed by atoms with Gasteiger partial charge in [-0.3, -0.25) is 0 Å². The zero-order valence-corrected chi connectivity index (χ0v) is 12.4. The molecule has 0 aliphatic carbocycles. The van der Waals surface area contributed by atoms with E-state index < -0.39 is 0 Å². The number of halogens is 2. The highest BCUT2D eigenvalue weighted by Crippen LogP contribution is 2.35. The van der Waals surface area contributed by atoms with Crippen LogP contribution in [-0.4, -0.2) is 16.3 Å². The number of hydrogen-bond acceptors (Lipinski definition) is 2. The molecule has 110 valence electrons. The molecule has 2 heterocycles. The van der Waals surface area contributed by atoms with Crippen molar-refractivity contribution in [2.24, 2.45) is 0 Å². The SMILES string of the molecule is Fc1ccccc1-c1nn(-c2cccc(Cl)c2)c2c1CCN2. The number of anilines is 1. The normalized spacial score (nSPS) is 13.0. The van der Waals surface area contributed by atoms with Gasteiger partial charge in [0.15, 0.2) is 0 Å². The van der Waals surface area contributed by atoms with Crippen LogP contribution in [0.1, 0.15) is 5.56 Å². The molecule has 1 aliphatic heterocycles.